The lowest BCUT2D eigenvalue weighted by Crippen LogP contribution is -2.29. The zero-order valence-electron chi connectivity index (χ0n) is 8.74. The average molecular weight is 199 g/mol. The summed E-state index contributed by atoms with van der Waals surface area (Å²) in [6.07, 6.45) is 4.14. The molecule has 2 nitrogen and oxygen atoms in total. The van der Waals surface area contributed by atoms with E-state index in [0.717, 1.165) is 5.90 Å². The van der Waals surface area contributed by atoms with Gasteiger partial charge in [-0.05, 0) is 11.5 Å². The molecule has 0 fully saturated rings. The Bertz CT molecular complexity index is 240. The van der Waals surface area contributed by atoms with Crippen LogP contribution in [0.1, 0.15) is 20.8 Å². The monoisotopic (exact) mass is 199 g/mol. The van der Waals surface area contributed by atoms with Crippen molar-refractivity contribution in [3.05, 3.63) is 12.2 Å². The molecule has 1 aliphatic rings. The molecule has 3 heteroatoms. The molecule has 0 amide bonds. The zero-order valence-corrected chi connectivity index (χ0v) is 9.90. The van der Waals surface area contributed by atoms with Gasteiger partial charge in [-0.15, -0.1) is 9.24 Å². The topological polar surface area (TPSA) is 21.6 Å². The van der Waals surface area contributed by atoms with Gasteiger partial charge in [0.2, 0.25) is 5.90 Å². The van der Waals surface area contributed by atoms with Crippen LogP contribution in [0.4, 0.5) is 0 Å². The van der Waals surface area contributed by atoms with Gasteiger partial charge < -0.3 is 4.74 Å². The Balaban J connectivity index is 2.78. The normalized spacial score (nSPS) is 28.5. The molecule has 13 heavy (non-hydrogen) atoms. The maximum absolute atomic E-state index is 5.07. The largest absolute Gasteiger partial charge is 0.481 e. The predicted molar refractivity (Wildman–Crippen MR) is 60.0 cm³/mol. The summed E-state index contributed by atoms with van der Waals surface area (Å²) in [7, 11) is 4.42. The van der Waals surface area contributed by atoms with Gasteiger partial charge in [0.25, 0.3) is 0 Å². The highest BCUT2D eigenvalue weighted by atomic mass is 31.0. The molecule has 1 heterocycles. The van der Waals surface area contributed by atoms with Crippen molar-refractivity contribution >= 4 is 15.1 Å². The number of methoxy groups -OCH3 is 1. The molecule has 0 saturated carbocycles. The predicted octanol–water partition coefficient (Wildman–Crippen LogP) is 2.46. The summed E-state index contributed by atoms with van der Waals surface area (Å²) in [6.45, 7) is 6.69. The molecule has 0 radical (unpaired) electrons. The molecule has 0 aromatic heterocycles. The van der Waals surface area contributed by atoms with Crippen LogP contribution in [0.25, 0.3) is 0 Å². The van der Waals surface area contributed by atoms with Crippen LogP contribution in [0.5, 0.6) is 0 Å². The van der Waals surface area contributed by atoms with E-state index in [-0.39, 0.29) is 11.2 Å². The Morgan fingerprint density at radius 1 is 1.46 bits per heavy atom. The molecule has 0 spiro atoms. The minimum Gasteiger partial charge on any atom is -0.481 e. The third-order valence-electron chi connectivity index (χ3n) is 2.30. The van der Waals surface area contributed by atoms with E-state index in [1.165, 1.54) is 0 Å². The Hall–Kier alpha value is -0.360. The van der Waals surface area contributed by atoms with E-state index in [1.54, 1.807) is 7.11 Å². The van der Waals surface area contributed by atoms with Crippen LogP contribution in [-0.2, 0) is 4.74 Å². The lowest BCUT2D eigenvalue weighted by Gasteiger charge is -2.33. The second-order valence-corrected chi connectivity index (χ2v) is 5.10. The Morgan fingerprint density at radius 3 is 2.46 bits per heavy atom. The summed E-state index contributed by atoms with van der Waals surface area (Å²) in [6, 6.07) is 0. The van der Waals surface area contributed by atoms with Gasteiger partial charge in [-0.25, -0.2) is 4.99 Å². The molecule has 0 saturated heterocycles. The van der Waals surface area contributed by atoms with E-state index in [2.05, 4.69) is 41.1 Å². The van der Waals surface area contributed by atoms with E-state index in [9.17, 15) is 0 Å². The Labute approximate surface area is 82.7 Å². The first-order valence-electron chi connectivity index (χ1n) is 4.50. The lowest BCUT2D eigenvalue weighted by molar-refractivity contribution is 0.281. The zero-order chi connectivity index (χ0) is 10.1. The number of hydrogen-bond acceptors (Lipinski definition) is 2. The summed E-state index contributed by atoms with van der Waals surface area (Å²) < 4.78 is 5.07. The van der Waals surface area contributed by atoms with Gasteiger partial charge in [0, 0.05) is 5.92 Å². The molecule has 3 unspecified atom stereocenters. The van der Waals surface area contributed by atoms with Crippen molar-refractivity contribution in [2.24, 2.45) is 16.3 Å². The molecule has 0 bridgehead atoms. The standard InChI is InChI=1S/C10H18NOP/c1-10(2,3)7-5-6-8(12-4)11-9(7)13/h5-7,9H,13H2,1-4H3. The number of rotatable bonds is 0. The third kappa shape index (κ3) is 2.54. The van der Waals surface area contributed by atoms with Crippen LogP contribution in [0, 0.1) is 11.3 Å². The van der Waals surface area contributed by atoms with Crippen LogP contribution >= 0.6 is 9.24 Å². The van der Waals surface area contributed by atoms with Gasteiger partial charge in [0.1, 0.15) is 0 Å². The molecule has 3 atom stereocenters. The smallest absolute Gasteiger partial charge is 0.208 e. The van der Waals surface area contributed by atoms with E-state index < -0.39 is 0 Å². The van der Waals surface area contributed by atoms with Crippen molar-refractivity contribution in [3.8, 4) is 0 Å². The Morgan fingerprint density at radius 2 is 2.08 bits per heavy atom. The molecule has 0 N–H and O–H groups in total. The Kier molecular flexibility index (Phi) is 3.13. The van der Waals surface area contributed by atoms with Gasteiger partial charge in [-0.3, -0.25) is 0 Å². The lowest BCUT2D eigenvalue weighted by atomic mass is 9.79. The molecule has 0 aromatic carbocycles. The summed E-state index contributed by atoms with van der Waals surface area (Å²) in [5.74, 6) is 1.43. The van der Waals surface area contributed by atoms with E-state index >= 15 is 0 Å². The third-order valence-corrected chi connectivity index (χ3v) is 2.86. The van der Waals surface area contributed by atoms with Crippen LogP contribution in [0.2, 0.25) is 0 Å². The first-order chi connectivity index (χ1) is 5.95. The molecule has 1 aliphatic heterocycles. The van der Waals surface area contributed by atoms with Crippen molar-refractivity contribution in [1.82, 2.24) is 0 Å². The molecule has 0 aliphatic carbocycles. The maximum Gasteiger partial charge on any atom is 0.208 e. The van der Waals surface area contributed by atoms with Crippen molar-refractivity contribution in [2.45, 2.75) is 26.6 Å². The maximum atomic E-state index is 5.07. The van der Waals surface area contributed by atoms with Gasteiger partial charge in [0.05, 0.1) is 12.9 Å². The summed E-state index contributed by atoms with van der Waals surface area (Å²) >= 11 is 0. The van der Waals surface area contributed by atoms with Crippen molar-refractivity contribution in [2.75, 3.05) is 7.11 Å². The van der Waals surface area contributed by atoms with E-state index in [4.69, 9.17) is 4.74 Å². The molecule has 0 aromatic rings. The average Bonchev–Trinajstić information content (AvgIpc) is 2.01. The number of nitrogens with zero attached hydrogens (tertiary/aromatic N) is 1. The first kappa shape index (κ1) is 10.7. The van der Waals surface area contributed by atoms with Crippen molar-refractivity contribution in [3.63, 3.8) is 0 Å². The van der Waals surface area contributed by atoms with Gasteiger partial charge in [0.15, 0.2) is 0 Å². The quantitative estimate of drug-likeness (QED) is 0.549. The fourth-order valence-electron chi connectivity index (χ4n) is 1.49. The fraction of sp³-hybridized carbons (Fsp3) is 0.700. The highest BCUT2D eigenvalue weighted by Crippen LogP contribution is 2.35. The molecular weight excluding hydrogens is 181 g/mol. The van der Waals surface area contributed by atoms with Gasteiger partial charge in [-0.1, -0.05) is 26.8 Å². The minimum absolute atomic E-state index is 0.236. The van der Waals surface area contributed by atoms with E-state index in [1.807, 2.05) is 6.08 Å². The molecular formula is C10H18NOP. The molecule has 74 valence electrons. The second kappa shape index (κ2) is 3.79. The SMILES string of the molecule is COC1=NC(P)C(C(C)(C)C)C=C1. The number of hydrogen-bond donors (Lipinski definition) is 0. The number of ether oxygens (including phenoxy) is 1. The van der Waals surface area contributed by atoms with Gasteiger partial charge in [-0.2, -0.15) is 0 Å². The molecule has 1 rings (SSSR count). The van der Waals surface area contributed by atoms with Crippen LogP contribution in [0.15, 0.2) is 17.1 Å². The first-order valence-corrected chi connectivity index (χ1v) is 5.17. The van der Waals surface area contributed by atoms with Crippen molar-refractivity contribution in [1.29, 1.82) is 0 Å². The van der Waals surface area contributed by atoms with Crippen LogP contribution in [0.3, 0.4) is 0 Å². The number of aliphatic imine (C=N–C) groups is 1. The summed E-state index contributed by atoms with van der Waals surface area (Å²) in [4.78, 5) is 4.42. The van der Waals surface area contributed by atoms with Crippen LogP contribution < -0.4 is 0 Å². The van der Waals surface area contributed by atoms with Crippen molar-refractivity contribution < 1.29 is 4.74 Å². The fourth-order valence-corrected chi connectivity index (χ4v) is 2.34. The minimum atomic E-state index is 0.236. The summed E-state index contributed by atoms with van der Waals surface area (Å²) in [5.41, 5.74) is 0.256. The van der Waals surface area contributed by atoms with Crippen LogP contribution in [-0.4, -0.2) is 18.8 Å². The highest BCUT2D eigenvalue weighted by molar-refractivity contribution is 7.17. The highest BCUT2D eigenvalue weighted by Gasteiger charge is 2.29. The van der Waals surface area contributed by atoms with Gasteiger partial charge >= 0.3 is 0 Å². The summed E-state index contributed by atoms with van der Waals surface area (Å²) in [5, 5.41) is 0. The number of dihydropyridines is 1. The van der Waals surface area contributed by atoms with E-state index in [0.29, 0.717) is 5.92 Å². The second-order valence-electron chi connectivity index (χ2n) is 4.41.